The van der Waals surface area contributed by atoms with E-state index >= 15 is 0 Å². The van der Waals surface area contributed by atoms with Crippen molar-refractivity contribution in [3.63, 3.8) is 0 Å². The third kappa shape index (κ3) is 6.26. The molecule has 0 aliphatic heterocycles. The highest BCUT2D eigenvalue weighted by molar-refractivity contribution is 7.25. The average molecular weight is 854 g/mol. The molecule has 314 valence electrons. The van der Waals surface area contributed by atoms with Gasteiger partial charge in [-0.2, -0.15) is 0 Å². The van der Waals surface area contributed by atoms with Crippen LogP contribution in [0.1, 0.15) is 73.9 Å². The second-order valence-corrected chi connectivity index (χ2v) is 20.6. The minimum Gasteiger partial charge on any atom is -0.310 e. The summed E-state index contributed by atoms with van der Waals surface area (Å²) in [5.74, 6) is 0. The first kappa shape index (κ1) is 39.6. The van der Waals surface area contributed by atoms with Gasteiger partial charge >= 0.3 is 0 Å². The molecule has 1 nitrogen and oxygen atoms in total. The van der Waals surface area contributed by atoms with Crippen LogP contribution in [0.5, 0.6) is 0 Å². The van der Waals surface area contributed by atoms with Gasteiger partial charge < -0.3 is 4.90 Å². The Labute approximate surface area is 387 Å². The minimum atomic E-state index is -0.556. The van der Waals surface area contributed by atoms with Crippen molar-refractivity contribution in [2.75, 3.05) is 4.90 Å². The second-order valence-electron chi connectivity index (χ2n) is 19.5. The molecule has 2 aliphatic rings. The van der Waals surface area contributed by atoms with Crippen molar-refractivity contribution >= 4 is 48.6 Å². The van der Waals surface area contributed by atoms with Gasteiger partial charge in [0.25, 0.3) is 0 Å². The number of rotatable bonds is 7. The van der Waals surface area contributed by atoms with Gasteiger partial charge in [0.1, 0.15) is 0 Å². The maximum absolute atomic E-state index is 2.57. The molecule has 2 aliphatic carbocycles. The van der Waals surface area contributed by atoms with Gasteiger partial charge in [0.2, 0.25) is 0 Å². The van der Waals surface area contributed by atoms with Crippen LogP contribution >= 0.6 is 11.3 Å². The molecule has 0 spiro atoms. The molecule has 2 heteroatoms. The number of hydrogen-bond donors (Lipinski definition) is 0. The highest BCUT2D eigenvalue weighted by Crippen LogP contribution is 2.59. The quantitative estimate of drug-likeness (QED) is 0.154. The highest BCUT2D eigenvalue weighted by atomic mass is 32.1. The molecule has 0 unspecified atom stereocenters. The zero-order valence-corrected chi connectivity index (χ0v) is 38.3. The van der Waals surface area contributed by atoms with Gasteiger partial charge in [0, 0.05) is 37.1 Å². The van der Waals surface area contributed by atoms with Gasteiger partial charge in [-0.15, -0.1) is 11.3 Å². The minimum absolute atomic E-state index is 0.0537. The number of nitrogens with zero attached hydrogens (tertiary/aromatic N) is 1. The number of thiophene rings is 1. The van der Waals surface area contributed by atoms with Gasteiger partial charge in [0.05, 0.1) is 11.1 Å². The van der Waals surface area contributed by atoms with E-state index in [2.05, 4.69) is 245 Å². The van der Waals surface area contributed by atoms with Crippen molar-refractivity contribution in [2.45, 2.75) is 56.8 Å². The van der Waals surface area contributed by atoms with Crippen LogP contribution in [0, 0.1) is 0 Å². The Morgan fingerprint density at radius 2 is 0.938 bits per heavy atom. The van der Waals surface area contributed by atoms with Crippen LogP contribution in [0.15, 0.2) is 212 Å². The van der Waals surface area contributed by atoms with Gasteiger partial charge in [-0.25, -0.2) is 0 Å². The van der Waals surface area contributed by atoms with E-state index in [0.29, 0.717) is 0 Å². The molecule has 1 heterocycles. The van der Waals surface area contributed by atoms with E-state index in [-0.39, 0.29) is 10.8 Å². The van der Waals surface area contributed by atoms with E-state index in [1.807, 2.05) is 11.3 Å². The molecule has 0 saturated heterocycles. The molecular weight excluding hydrogens is 803 g/mol. The molecule has 0 N–H and O–H groups in total. The Kier molecular flexibility index (Phi) is 9.16. The number of hydrogen-bond acceptors (Lipinski definition) is 2. The van der Waals surface area contributed by atoms with Crippen molar-refractivity contribution in [3.8, 4) is 33.4 Å². The lowest BCUT2D eigenvalue weighted by Gasteiger charge is -2.42. The second kappa shape index (κ2) is 15.0. The molecule has 10 aromatic rings. The fourth-order valence-electron chi connectivity index (χ4n) is 11.4. The summed E-state index contributed by atoms with van der Waals surface area (Å²) in [6.45, 7) is 9.74. The molecular formula is C63H51NS. The first-order valence-corrected chi connectivity index (χ1v) is 23.9. The molecule has 0 bridgehead atoms. The summed E-state index contributed by atoms with van der Waals surface area (Å²) in [6, 6.07) is 80.0. The van der Waals surface area contributed by atoms with Gasteiger partial charge in [-0.05, 0) is 133 Å². The van der Waals surface area contributed by atoms with Gasteiger partial charge in [-0.3, -0.25) is 0 Å². The number of fused-ring (bicyclic) bond motifs is 7. The van der Waals surface area contributed by atoms with Gasteiger partial charge in [0.15, 0.2) is 0 Å². The molecule has 9 aromatic carbocycles. The predicted molar refractivity (Wildman–Crippen MR) is 277 cm³/mol. The largest absolute Gasteiger partial charge is 0.310 e. The molecule has 1 aromatic heterocycles. The van der Waals surface area contributed by atoms with Crippen LogP contribution in [-0.2, 0) is 16.2 Å². The van der Waals surface area contributed by atoms with Gasteiger partial charge in [-0.1, -0.05) is 191 Å². The van der Waals surface area contributed by atoms with E-state index < -0.39 is 5.41 Å². The molecule has 12 rings (SSSR count). The normalized spacial score (nSPS) is 15.3. The summed E-state index contributed by atoms with van der Waals surface area (Å²) in [7, 11) is 0. The summed E-state index contributed by atoms with van der Waals surface area (Å²) in [4.78, 5) is 2.55. The first-order valence-electron chi connectivity index (χ1n) is 23.1. The molecule has 0 amide bonds. The standard InChI is InChI=1S/C63H51NS/c1-61(2)36-37-62(3,4)57-38-44(30-34-55(57)61)51-40-52-49-24-14-16-26-54(49)63(45-20-10-6-11-21-45,46-22-12-7-13-23-46)56(52)41-58(51)64(47-31-28-43(29-32-47)42-18-8-5-9-19-42)48-33-35-60-53(39-48)50-25-15-17-27-59(50)65-60/h5-35,38-41H,36-37H2,1-4H3. The summed E-state index contributed by atoms with van der Waals surface area (Å²) < 4.78 is 2.61. The summed E-state index contributed by atoms with van der Waals surface area (Å²) in [5, 5.41) is 2.58. The summed E-state index contributed by atoms with van der Waals surface area (Å²) in [5.41, 5.74) is 18.5. The van der Waals surface area contributed by atoms with E-state index in [9.17, 15) is 0 Å². The van der Waals surface area contributed by atoms with Crippen LogP contribution < -0.4 is 4.90 Å². The summed E-state index contributed by atoms with van der Waals surface area (Å²) >= 11 is 1.87. The zero-order valence-electron chi connectivity index (χ0n) is 37.5. The van der Waals surface area contributed by atoms with Crippen LogP contribution in [-0.4, -0.2) is 0 Å². The van der Waals surface area contributed by atoms with Crippen molar-refractivity contribution < 1.29 is 0 Å². The topological polar surface area (TPSA) is 3.24 Å². The Balaban J connectivity index is 1.20. The van der Waals surface area contributed by atoms with Crippen LogP contribution in [0.2, 0.25) is 0 Å². The van der Waals surface area contributed by atoms with E-state index in [1.54, 1.807) is 0 Å². The maximum atomic E-state index is 2.57. The Bertz CT molecular complexity index is 3370. The molecule has 0 radical (unpaired) electrons. The van der Waals surface area contributed by atoms with Crippen LogP contribution in [0.3, 0.4) is 0 Å². The van der Waals surface area contributed by atoms with Crippen molar-refractivity contribution in [1.82, 2.24) is 0 Å². The Morgan fingerprint density at radius 3 is 1.66 bits per heavy atom. The summed E-state index contributed by atoms with van der Waals surface area (Å²) in [6.07, 6.45) is 2.34. The third-order valence-corrected chi connectivity index (χ3v) is 16.0. The fourth-order valence-corrected chi connectivity index (χ4v) is 12.4. The van der Waals surface area contributed by atoms with Crippen LogP contribution in [0.25, 0.3) is 53.6 Å². The molecule has 0 atom stereocenters. The predicted octanol–water partition coefficient (Wildman–Crippen LogP) is 17.6. The lowest BCUT2D eigenvalue weighted by atomic mass is 9.63. The van der Waals surface area contributed by atoms with Crippen LogP contribution in [0.4, 0.5) is 17.1 Å². The highest BCUT2D eigenvalue weighted by Gasteiger charge is 2.47. The van der Waals surface area contributed by atoms with E-state index in [4.69, 9.17) is 0 Å². The third-order valence-electron chi connectivity index (χ3n) is 14.8. The van der Waals surface area contributed by atoms with E-state index in [0.717, 1.165) is 23.5 Å². The lowest BCUT2D eigenvalue weighted by Crippen LogP contribution is -2.33. The van der Waals surface area contributed by atoms with Crippen molar-refractivity contribution in [2.24, 2.45) is 0 Å². The Morgan fingerprint density at radius 1 is 0.369 bits per heavy atom. The number of anilines is 3. The van der Waals surface area contributed by atoms with Crippen molar-refractivity contribution in [1.29, 1.82) is 0 Å². The maximum Gasteiger partial charge on any atom is 0.0714 e. The Hall–Kier alpha value is -7.00. The SMILES string of the molecule is CC1(C)CCC(C)(C)c2cc(-c3cc4c(cc3N(c3ccc(-c5ccccc5)cc3)c3ccc5sc6ccccc6c5c3)C(c3ccccc3)(c3ccccc3)c3ccccc3-4)ccc21. The van der Waals surface area contributed by atoms with Crippen molar-refractivity contribution in [3.05, 3.63) is 246 Å². The first-order chi connectivity index (χ1) is 31.7. The monoisotopic (exact) mass is 853 g/mol. The lowest BCUT2D eigenvalue weighted by molar-refractivity contribution is 0.332. The molecule has 65 heavy (non-hydrogen) atoms. The average Bonchev–Trinajstić information content (AvgIpc) is 3.87. The fraction of sp³-hybridized carbons (Fsp3) is 0.143. The molecule has 0 saturated carbocycles. The smallest absolute Gasteiger partial charge is 0.0714 e. The molecule has 0 fully saturated rings. The zero-order chi connectivity index (χ0) is 43.9. The van der Waals surface area contributed by atoms with E-state index in [1.165, 1.54) is 93.4 Å². The number of benzene rings is 9.